The Bertz CT molecular complexity index is 489. The van der Waals surface area contributed by atoms with Gasteiger partial charge >= 0.3 is 5.97 Å². The molecule has 0 saturated carbocycles. The summed E-state index contributed by atoms with van der Waals surface area (Å²) in [6, 6.07) is 8.36. The first-order chi connectivity index (χ1) is 10.1. The predicted octanol–water partition coefficient (Wildman–Crippen LogP) is 2.41. The van der Waals surface area contributed by atoms with E-state index < -0.39 is 11.5 Å². The molecule has 0 aliphatic heterocycles. The average molecular weight is 290 g/mol. The van der Waals surface area contributed by atoms with E-state index in [2.05, 4.69) is 18.2 Å². The maximum absolute atomic E-state index is 11.6. The molecule has 21 heavy (non-hydrogen) atoms. The number of carboxylic acids is 1. The van der Waals surface area contributed by atoms with Crippen LogP contribution in [0, 0.1) is 0 Å². The van der Waals surface area contributed by atoms with Gasteiger partial charge in [0.05, 0.1) is 0 Å². The van der Waals surface area contributed by atoms with Gasteiger partial charge in [-0.1, -0.05) is 24.3 Å². The van der Waals surface area contributed by atoms with Crippen LogP contribution in [-0.4, -0.2) is 23.2 Å². The fourth-order valence-corrected chi connectivity index (χ4v) is 3.39. The van der Waals surface area contributed by atoms with Crippen molar-refractivity contribution in [2.45, 2.75) is 56.4 Å². The molecule has 0 spiro atoms. The van der Waals surface area contributed by atoms with E-state index in [4.69, 9.17) is 11.5 Å². The number of hydrogen-bond acceptors (Lipinski definition) is 3. The molecular formula is C17H26N2O2. The van der Waals surface area contributed by atoms with Crippen LogP contribution in [0.1, 0.15) is 55.6 Å². The second kappa shape index (κ2) is 7.05. The molecule has 0 fully saturated rings. The van der Waals surface area contributed by atoms with E-state index in [1.54, 1.807) is 0 Å². The van der Waals surface area contributed by atoms with Crippen molar-refractivity contribution in [1.82, 2.24) is 0 Å². The van der Waals surface area contributed by atoms with E-state index in [1.165, 1.54) is 11.1 Å². The normalized spacial score (nSPS) is 20.6. The van der Waals surface area contributed by atoms with E-state index in [0.29, 0.717) is 19.4 Å². The largest absolute Gasteiger partial charge is 0.480 e. The highest BCUT2D eigenvalue weighted by Gasteiger charge is 2.37. The summed E-state index contributed by atoms with van der Waals surface area (Å²) in [5.41, 5.74) is 13.2. The lowest BCUT2D eigenvalue weighted by Gasteiger charge is -2.33. The topological polar surface area (TPSA) is 89.3 Å². The minimum absolute atomic E-state index is 0.258. The van der Waals surface area contributed by atoms with E-state index >= 15 is 0 Å². The monoisotopic (exact) mass is 290 g/mol. The third-order valence-corrected chi connectivity index (χ3v) is 4.61. The number of rotatable bonds is 7. The molecule has 1 aliphatic carbocycles. The molecule has 0 bridgehead atoms. The third kappa shape index (κ3) is 3.83. The van der Waals surface area contributed by atoms with Gasteiger partial charge < -0.3 is 16.6 Å². The van der Waals surface area contributed by atoms with E-state index in [0.717, 1.165) is 32.1 Å². The van der Waals surface area contributed by atoms with E-state index in [-0.39, 0.29) is 5.92 Å². The Hall–Kier alpha value is -1.39. The molecule has 0 amide bonds. The summed E-state index contributed by atoms with van der Waals surface area (Å²) in [7, 11) is 0. The second-order valence-electron chi connectivity index (χ2n) is 6.20. The Balaban J connectivity index is 2.12. The van der Waals surface area contributed by atoms with Gasteiger partial charge in [-0.3, -0.25) is 4.79 Å². The van der Waals surface area contributed by atoms with Crippen LogP contribution < -0.4 is 11.5 Å². The smallest absolute Gasteiger partial charge is 0.323 e. The fraction of sp³-hybridized carbons (Fsp3) is 0.588. The Morgan fingerprint density at radius 3 is 2.81 bits per heavy atom. The standard InChI is InChI=1S/C17H26N2O2/c18-11-4-3-10-17(19,16(20)21)12-14-8-5-7-13-6-1-2-9-15(13)14/h1-2,6,9,14H,3-5,7-8,10-12,18-19H2,(H,20,21)/t14-,17?/m1/s1. The predicted molar refractivity (Wildman–Crippen MR) is 84.2 cm³/mol. The first-order valence-electron chi connectivity index (χ1n) is 7.87. The summed E-state index contributed by atoms with van der Waals surface area (Å²) < 4.78 is 0. The molecular weight excluding hydrogens is 264 g/mol. The minimum atomic E-state index is -1.13. The Morgan fingerprint density at radius 2 is 2.10 bits per heavy atom. The molecule has 5 N–H and O–H groups in total. The van der Waals surface area contributed by atoms with Gasteiger partial charge in [-0.2, -0.15) is 0 Å². The number of fused-ring (bicyclic) bond motifs is 1. The van der Waals surface area contributed by atoms with Gasteiger partial charge in [-0.15, -0.1) is 0 Å². The van der Waals surface area contributed by atoms with Crippen molar-refractivity contribution in [3.8, 4) is 0 Å². The number of aryl methyl sites for hydroxylation is 1. The summed E-state index contributed by atoms with van der Waals surface area (Å²) in [4.78, 5) is 11.6. The highest BCUT2D eigenvalue weighted by atomic mass is 16.4. The SMILES string of the molecule is NCCCCC(N)(C[C@H]1CCCc2ccccc21)C(=O)O. The van der Waals surface area contributed by atoms with Crippen LogP contribution in [0.15, 0.2) is 24.3 Å². The Morgan fingerprint density at radius 1 is 1.33 bits per heavy atom. The lowest BCUT2D eigenvalue weighted by molar-refractivity contribution is -0.144. The van der Waals surface area contributed by atoms with Crippen molar-refractivity contribution in [3.63, 3.8) is 0 Å². The highest BCUT2D eigenvalue weighted by molar-refractivity contribution is 5.78. The van der Waals surface area contributed by atoms with Crippen LogP contribution in [0.3, 0.4) is 0 Å². The van der Waals surface area contributed by atoms with Crippen LogP contribution in [-0.2, 0) is 11.2 Å². The van der Waals surface area contributed by atoms with E-state index in [9.17, 15) is 9.90 Å². The van der Waals surface area contributed by atoms with Gasteiger partial charge in [-0.25, -0.2) is 0 Å². The lowest BCUT2D eigenvalue weighted by Crippen LogP contribution is -2.49. The maximum Gasteiger partial charge on any atom is 0.323 e. The maximum atomic E-state index is 11.6. The molecule has 1 aromatic carbocycles. The van der Waals surface area contributed by atoms with Crippen molar-refractivity contribution in [3.05, 3.63) is 35.4 Å². The molecule has 0 saturated heterocycles. The van der Waals surface area contributed by atoms with Crippen molar-refractivity contribution in [1.29, 1.82) is 0 Å². The minimum Gasteiger partial charge on any atom is -0.480 e. The van der Waals surface area contributed by atoms with Gasteiger partial charge in [0.1, 0.15) is 5.54 Å². The number of carbonyl (C=O) groups is 1. The molecule has 0 aromatic heterocycles. The summed E-state index contributed by atoms with van der Waals surface area (Å²) in [6.45, 7) is 0.585. The number of aliphatic carboxylic acids is 1. The number of nitrogens with two attached hydrogens (primary N) is 2. The molecule has 2 atom stereocenters. The number of carboxylic acid groups (broad SMARTS) is 1. The number of unbranched alkanes of at least 4 members (excludes halogenated alkanes) is 1. The zero-order valence-electron chi connectivity index (χ0n) is 12.6. The van der Waals surface area contributed by atoms with Crippen LogP contribution >= 0.6 is 0 Å². The zero-order chi connectivity index (χ0) is 15.3. The Labute approximate surface area is 126 Å². The Kier molecular flexibility index (Phi) is 5.37. The van der Waals surface area contributed by atoms with Gasteiger partial charge in [0, 0.05) is 0 Å². The summed E-state index contributed by atoms with van der Waals surface area (Å²) in [5, 5.41) is 9.55. The van der Waals surface area contributed by atoms with E-state index in [1.807, 2.05) is 6.07 Å². The molecule has 116 valence electrons. The molecule has 1 aromatic rings. The summed E-state index contributed by atoms with van der Waals surface area (Å²) >= 11 is 0. The molecule has 4 heteroatoms. The molecule has 0 radical (unpaired) electrons. The summed E-state index contributed by atoms with van der Waals surface area (Å²) in [6.07, 6.45) is 5.84. The molecule has 2 rings (SSSR count). The zero-order valence-corrected chi connectivity index (χ0v) is 12.6. The van der Waals surface area contributed by atoms with Crippen molar-refractivity contribution in [2.24, 2.45) is 11.5 Å². The number of hydrogen-bond donors (Lipinski definition) is 3. The average Bonchev–Trinajstić information content (AvgIpc) is 2.48. The quantitative estimate of drug-likeness (QED) is 0.673. The number of benzene rings is 1. The van der Waals surface area contributed by atoms with Gasteiger partial charge in [0.15, 0.2) is 0 Å². The van der Waals surface area contributed by atoms with Crippen molar-refractivity contribution < 1.29 is 9.90 Å². The van der Waals surface area contributed by atoms with Crippen molar-refractivity contribution in [2.75, 3.05) is 6.54 Å². The van der Waals surface area contributed by atoms with Crippen LogP contribution in [0.4, 0.5) is 0 Å². The lowest BCUT2D eigenvalue weighted by atomic mass is 9.74. The molecule has 0 heterocycles. The van der Waals surface area contributed by atoms with Crippen LogP contribution in [0.5, 0.6) is 0 Å². The highest BCUT2D eigenvalue weighted by Crippen LogP contribution is 2.37. The first kappa shape index (κ1) is 16.0. The van der Waals surface area contributed by atoms with Gasteiger partial charge in [-0.05, 0) is 68.5 Å². The van der Waals surface area contributed by atoms with Crippen LogP contribution in [0.2, 0.25) is 0 Å². The fourth-order valence-electron chi connectivity index (χ4n) is 3.39. The van der Waals surface area contributed by atoms with Crippen LogP contribution in [0.25, 0.3) is 0 Å². The third-order valence-electron chi connectivity index (χ3n) is 4.61. The van der Waals surface area contributed by atoms with Gasteiger partial charge in [0.2, 0.25) is 0 Å². The second-order valence-corrected chi connectivity index (χ2v) is 6.20. The summed E-state index contributed by atoms with van der Waals surface area (Å²) in [5.74, 6) is -0.628. The van der Waals surface area contributed by atoms with Crippen molar-refractivity contribution >= 4 is 5.97 Å². The first-order valence-corrected chi connectivity index (χ1v) is 7.87. The molecule has 1 aliphatic rings. The molecule has 1 unspecified atom stereocenters. The van der Waals surface area contributed by atoms with Gasteiger partial charge in [0.25, 0.3) is 0 Å². The molecule has 4 nitrogen and oxygen atoms in total.